The van der Waals surface area contributed by atoms with Crippen molar-refractivity contribution in [1.82, 2.24) is 20.9 Å². The van der Waals surface area contributed by atoms with Gasteiger partial charge in [-0.3, -0.25) is 14.4 Å². The number of nitrogens with one attached hydrogen (secondary N) is 4. The second-order valence-electron chi connectivity index (χ2n) is 11.3. The van der Waals surface area contributed by atoms with Gasteiger partial charge in [-0.05, 0) is 61.8 Å². The molecule has 0 saturated heterocycles. The number of aromatic nitrogens is 1. The van der Waals surface area contributed by atoms with Gasteiger partial charge >= 0.3 is 5.97 Å². The number of para-hydroxylation sites is 1. The van der Waals surface area contributed by atoms with Crippen LogP contribution < -0.4 is 27.4 Å². The minimum atomic E-state index is -1.16. The molecule has 0 aliphatic carbocycles. The monoisotopic (exact) mass is 592 g/mol. The Labute approximate surface area is 252 Å². The minimum Gasteiger partial charge on any atom is -0.480 e. The number of unbranched alkanes of at least 4 members (excludes halogenated alkanes) is 1. The molecule has 0 radical (unpaired) electrons. The highest BCUT2D eigenvalue weighted by Crippen LogP contribution is 2.19. The summed E-state index contributed by atoms with van der Waals surface area (Å²) >= 11 is 0. The molecule has 1 heterocycles. The van der Waals surface area contributed by atoms with E-state index in [0.29, 0.717) is 25.8 Å². The molecule has 3 amide bonds. The molecule has 0 saturated carbocycles. The summed E-state index contributed by atoms with van der Waals surface area (Å²) in [5.41, 5.74) is 14.4. The van der Waals surface area contributed by atoms with Crippen LogP contribution in [0.2, 0.25) is 0 Å². The van der Waals surface area contributed by atoms with Gasteiger partial charge in [0.1, 0.15) is 18.1 Å². The Morgan fingerprint density at radius 1 is 0.814 bits per heavy atom. The lowest BCUT2D eigenvalue weighted by Gasteiger charge is -2.26. The Balaban J connectivity index is 1.74. The van der Waals surface area contributed by atoms with E-state index < -0.39 is 47.9 Å². The average Bonchev–Trinajstić information content (AvgIpc) is 3.38. The van der Waals surface area contributed by atoms with Crippen molar-refractivity contribution < 1.29 is 24.3 Å². The smallest absolute Gasteiger partial charge is 0.326 e. The molecule has 1 aromatic heterocycles. The predicted octanol–water partition coefficient (Wildman–Crippen LogP) is 1.99. The van der Waals surface area contributed by atoms with E-state index in [2.05, 4.69) is 20.9 Å². The third-order valence-corrected chi connectivity index (χ3v) is 7.27. The van der Waals surface area contributed by atoms with Gasteiger partial charge in [-0.15, -0.1) is 0 Å². The number of benzene rings is 2. The summed E-state index contributed by atoms with van der Waals surface area (Å²) in [5, 5.41) is 18.8. The fourth-order valence-electron chi connectivity index (χ4n) is 4.97. The lowest BCUT2D eigenvalue weighted by atomic mass is 9.99. The molecule has 3 aromatic rings. The first-order valence-electron chi connectivity index (χ1n) is 14.8. The normalized spacial score (nSPS) is 14.1. The fourth-order valence-corrected chi connectivity index (χ4v) is 4.97. The maximum Gasteiger partial charge on any atom is 0.326 e. The number of carboxylic acid groups (broad SMARTS) is 1. The number of nitrogens with two attached hydrogens (primary N) is 2. The zero-order chi connectivity index (χ0) is 31.4. The van der Waals surface area contributed by atoms with Crippen LogP contribution in [-0.4, -0.2) is 64.5 Å². The number of carboxylic acids is 1. The summed E-state index contributed by atoms with van der Waals surface area (Å²) in [5.74, 6) is -2.78. The van der Waals surface area contributed by atoms with Crippen LogP contribution in [0.5, 0.6) is 0 Å². The molecule has 2 aromatic carbocycles. The molecule has 9 N–H and O–H groups in total. The van der Waals surface area contributed by atoms with E-state index in [4.69, 9.17) is 11.5 Å². The summed E-state index contributed by atoms with van der Waals surface area (Å²) in [6, 6.07) is 12.8. The van der Waals surface area contributed by atoms with E-state index in [1.54, 1.807) is 0 Å². The van der Waals surface area contributed by atoms with Gasteiger partial charge in [0, 0.05) is 23.5 Å². The SMILES string of the molecule is CC(C)CC(NC(=O)C(N)Cc1c[nH]c2ccccc12)C(=O)NC(Cc1ccccc1)C(=O)NC(CCCCN)C(=O)O. The van der Waals surface area contributed by atoms with Crippen LogP contribution in [0.3, 0.4) is 0 Å². The fraction of sp³-hybridized carbons (Fsp3) is 0.438. The molecular formula is C32H44N6O5. The number of aliphatic carboxylic acids is 1. The average molecular weight is 593 g/mol. The topological polar surface area (TPSA) is 192 Å². The zero-order valence-electron chi connectivity index (χ0n) is 24.8. The van der Waals surface area contributed by atoms with Crippen LogP contribution in [0.15, 0.2) is 60.8 Å². The molecule has 0 aliphatic rings. The highest BCUT2D eigenvalue weighted by Gasteiger charge is 2.31. The molecule has 43 heavy (non-hydrogen) atoms. The van der Waals surface area contributed by atoms with E-state index in [1.807, 2.05) is 74.6 Å². The van der Waals surface area contributed by atoms with Crippen LogP contribution >= 0.6 is 0 Å². The minimum absolute atomic E-state index is 0.0428. The van der Waals surface area contributed by atoms with Crippen molar-refractivity contribution in [1.29, 1.82) is 0 Å². The Hall–Kier alpha value is -4.22. The van der Waals surface area contributed by atoms with Crippen LogP contribution in [-0.2, 0) is 32.0 Å². The van der Waals surface area contributed by atoms with E-state index in [-0.39, 0.29) is 25.2 Å². The van der Waals surface area contributed by atoms with Gasteiger partial charge in [-0.2, -0.15) is 0 Å². The first-order valence-corrected chi connectivity index (χ1v) is 14.8. The standard InChI is InChI=1S/C32H44N6O5/c1-20(2)16-27(37-29(39)24(34)18-22-19-35-25-13-7-6-12-23(22)25)30(40)38-28(17-21-10-4-3-5-11-21)31(41)36-26(32(42)43)14-8-9-15-33/h3-7,10-13,19-20,24,26-28,35H,8-9,14-18,33-34H2,1-2H3,(H,36,41)(H,37,39)(H,38,40)(H,42,43). The predicted molar refractivity (Wildman–Crippen MR) is 166 cm³/mol. The summed E-state index contributed by atoms with van der Waals surface area (Å²) < 4.78 is 0. The first-order chi connectivity index (χ1) is 20.6. The van der Waals surface area contributed by atoms with Crippen molar-refractivity contribution in [3.63, 3.8) is 0 Å². The van der Waals surface area contributed by atoms with Crippen LogP contribution in [0.25, 0.3) is 10.9 Å². The van der Waals surface area contributed by atoms with Crippen LogP contribution in [0, 0.1) is 5.92 Å². The molecule has 4 atom stereocenters. The number of carbonyl (C=O) groups is 4. The van der Waals surface area contributed by atoms with Gasteiger partial charge in [0.25, 0.3) is 0 Å². The van der Waals surface area contributed by atoms with E-state index in [1.165, 1.54) is 0 Å². The van der Waals surface area contributed by atoms with E-state index in [9.17, 15) is 24.3 Å². The second kappa shape index (κ2) is 16.4. The molecular weight excluding hydrogens is 548 g/mol. The van der Waals surface area contributed by atoms with Gasteiger partial charge in [0.2, 0.25) is 17.7 Å². The Kier molecular flexibility index (Phi) is 12.7. The number of H-pyrrole nitrogens is 1. The van der Waals surface area contributed by atoms with Crippen molar-refractivity contribution in [3.8, 4) is 0 Å². The van der Waals surface area contributed by atoms with Crippen molar-refractivity contribution in [2.45, 2.75) is 76.5 Å². The number of rotatable bonds is 17. The third-order valence-electron chi connectivity index (χ3n) is 7.27. The van der Waals surface area contributed by atoms with Gasteiger partial charge in [-0.25, -0.2) is 4.79 Å². The van der Waals surface area contributed by atoms with Gasteiger partial charge < -0.3 is 37.5 Å². The molecule has 0 spiro atoms. The Morgan fingerprint density at radius 2 is 1.44 bits per heavy atom. The molecule has 232 valence electrons. The first kappa shape index (κ1) is 33.3. The number of carbonyl (C=O) groups excluding carboxylic acids is 3. The summed E-state index contributed by atoms with van der Waals surface area (Å²) in [6.07, 6.45) is 3.91. The Bertz CT molecular complexity index is 1360. The molecule has 0 aliphatic heterocycles. The lowest BCUT2D eigenvalue weighted by molar-refractivity contribution is -0.142. The van der Waals surface area contributed by atoms with Crippen LogP contribution in [0.4, 0.5) is 0 Å². The third kappa shape index (κ3) is 10.2. The maximum atomic E-state index is 13.6. The Morgan fingerprint density at radius 3 is 2.12 bits per heavy atom. The van der Waals surface area contributed by atoms with E-state index in [0.717, 1.165) is 22.0 Å². The largest absolute Gasteiger partial charge is 0.480 e. The quantitative estimate of drug-likeness (QED) is 0.117. The zero-order valence-corrected chi connectivity index (χ0v) is 24.8. The summed E-state index contributed by atoms with van der Waals surface area (Å²) in [4.78, 5) is 55.1. The molecule has 0 fully saturated rings. The van der Waals surface area contributed by atoms with Crippen LogP contribution in [0.1, 0.15) is 50.7 Å². The second-order valence-corrected chi connectivity index (χ2v) is 11.3. The maximum absolute atomic E-state index is 13.6. The molecule has 11 heteroatoms. The summed E-state index contributed by atoms with van der Waals surface area (Å²) in [6.45, 7) is 4.26. The number of amides is 3. The molecule has 11 nitrogen and oxygen atoms in total. The molecule has 4 unspecified atom stereocenters. The lowest BCUT2D eigenvalue weighted by Crippen LogP contribution is -2.58. The van der Waals surface area contributed by atoms with Gasteiger partial charge in [0.05, 0.1) is 6.04 Å². The molecule has 0 bridgehead atoms. The van der Waals surface area contributed by atoms with Crippen molar-refractivity contribution in [3.05, 3.63) is 71.9 Å². The number of fused-ring (bicyclic) bond motifs is 1. The highest BCUT2D eigenvalue weighted by molar-refractivity contribution is 5.94. The van der Waals surface area contributed by atoms with Crippen molar-refractivity contribution >= 4 is 34.6 Å². The summed E-state index contributed by atoms with van der Waals surface area (Å²) in [7, 11) is 0. The number of hydrogen-bond donors (Lipinski definition) is 7. The number of aromatic amines is 1. The number of hydrogen-bond acceptors (Lipinski definition) is 6. The molecule has 3 rings (SSSR count). The van der Waals surface area contributed by atoms with Gasteiger partial charge in [0.15, 0.2) is 0 Å². The highest BCUT2D eigenvalue weighted by atomic mass is 16.4. The van der Waals surface area contributed by atoms with Gasteiger partial charge in [-0.1, -0.05) is 62.4 Å². The van der Waals surface area contributed by atoms with Crippen molar-refractivity contribution in [2.75, 3.05) is 6.54 Å². The van der Waals surface area contributed by atoms with Crippen molar-refractivity contribution in [2.24, 2.45) is 17.4 Å². The van der Waals surface area contributed by atoms with E-state index >= 15 is 0 Å².